The lowest BCUT2D eigenvalue weighted by atomic mass is 10.1. The molecule has 1 N–H and O–H groups in total. The number of nitrogens with one attached hydrogen (secondary N) is 1. The molecule has 6 nitrogen and oxygen atoms in total. The normalized spacial score (nSPS) is 18.0. The van der Waals surface area contributed by atoms with E-state index in [0.29, 0.717) is 12.0 Å². The van der Waals surface area contributed by atoms with Crippen LogP contribution < -0.4 is 5.32 Å². The number of rotatable bonds is 6. The van der Waals surface area contributed by atoms with Crippen molar-refractivity contribution in [2.24, 2.45) is 5.92 Å². The second-order valence-electron chi connectivity index (χ2n) is 6.65. The van der Waals surface area contributed by atoms with Crippen molar-refractivity contribution in [1.29, 1.82) is 0 Å². The number of benzene rings is 2. The van der Waals surface area contributed by atoms with Gasteiger partial charge in [0.25, 0.3) is 5.91 Å². The van der Waals surface area contributed by atoms with E-state index in [4.69, 9.17) is 4.74 Å². The van der Waals surface area contributed by atoms with Crippen molar-refractivity contribution in [2.75, 3.05) is 16.8 Å². The summed E-state index contributed by atoms with van der Waals surface area (Å²) in [6.45, 7) is 0.0961. The fraction of sp³-hybridized carbons (Fsp3) is 0.300. The van der Waals surface area contributed by atoms with Crippen LogP contribution in [0.4, 0.5) is 5.69 Å². The van der Waals surface area contributed by atoms with E-state index in [1.165, 1.54) is 0 Å². The van der Waals surface area contributed by atoms with Crippen molar-refractivity contribution in [3.05, 3.63) is 65.7 Å². The van der Waals surface area contributed by atoms with Gasteiger partial charge in [0.05, 0.1) is 11.5 Å². The Morgan fingerprint density at radius 3 is 2.37 bits per heavy atom. The van der Waals surface area contributed by atoms with Gasteiger partial charge in [-0.25, -0.2) is 8.42 Å². The first-order chi connectivity index (χ1) is 12.9. The molecule has 0 bridgehead atoms. The first-order valence-electron chi connectivity index (χ1n) is 8.73. The number of esters is 1. The molecule has 1 fully saturated rings. The van der Waals surface area contributed by atoms with Crippen molar-refractivity contribution >= 4 is 27.4 Å². The molecule has 0 aliphatic carbocycles. The number of para-hydroxylation sites is 1. The molecule has 7 heteroatoms. The fourth-order valence-electron chi connectivity index (χ4n) is 2.97. The Balaban J connectivity index is 1.47. The maximum Gasteiger partial charge on any atom is 0.306 e. The Morgan fingerprint density at radius 1 is 1.04 bits per heavy atom. The van der Waals surface area contributed by atoms with Crippen LogP contribution in [-0.2, 0) is 26.0 Å². The topological polar surface area (TPSA) is 89.5 Å². The van der Waals surface area contributed by atoms with E-state index in [1.54, 1.807) is 36.4 Å². The standard InChI is InChI=1S/C20H21NO5S/c22-19(12-16-10-11-27(24,25)14-16)26-13-15-6-8-17(9-7-15)20(23)21-18-4-2-1-3-5-18/h1-9,16H,10-14H2,(H,21,23)/t16-/m1/s1. The third-order valence-corrected chi connectivity index (χ3v) is 6.27. The number of ether oxygens (including phenoxy) is 1. The van der Waals surface area contributed by atoms with Crippen LogP contribution in [0.15, 0.2) is 54.6 Å². The molecule has 0 radical (unpaired) electrons. The summed E-state index contributed by atoms with van der Waals surface area (Å²) in [7, 11) is -2.99. The van der Waals surface area contributed by atoms with E-state index in [1.807, 2.05) is 18.2 Å². The Morgan fingerprint density at radius 2 is 1.74 bits per heavy atom. The van der Waals surface area contributed by atoms with Gasteiger partial charge in [-0.3, -0.25) is 9.59 Å². The SMILES string of the molecule is O=C(C[C@H]1CCS(=O)(=O)C1)OCc1ccc(C(=O)Nc2ccccc2)cc1. The zero-order valence-electron chi connectivity index (χ0n) is 14.8. The lowest BCUT2D eigenvalue weighted by Gasteiger charge is -2.09. The van der Waals surface area contributed by atoms with Crippen molar-refractivity contribution in [2.45, 2.75) is 19.4 Å². The molecule has 27 heavy (non-hydrogen) atoms. The van der Waals surface area contributed by atoms with Gasteiger partial charge in [0.1, 0.15) is 6.61 Å². The Hall–Kier alpha value is -2.67. The summed E-state index contributed by atoms with van der Waals surface area (Å²) in [5.41, 5.74) is 1.98. The average molecular weight is 387 g/mol. The van der Waals surface area contributed by atoms with Gasteiger partial charge in [-0.05, 0) is 42.2 Å². The van der Waals surface area contributed by atoms with Crippen LogP contribution in [0.2, 0.25) is 0 Å². The van der Waals surface area contributed by atoms with Gasteiger partial charge in [0, 0.05) is 17.7 Å². The second-order valence-corrected chi connectivity index (χ2v) is 8.88. The van der Waals surface area contributed by atoms with Crippen LogP contribution in [-0.4, -0.2) is 31.8 Å². The lowest BCUT2D eigenvalue weighted by molar-refractivity contribution is -0.145. The zero-order chi connectivity index (χ0) is 19.3. The summed E-state index contributed by atoms with van der Waals surface area (Å²) >= 11 is 0. The molecule has 0 aromatic heterocycles. The smallest absolute Gasteiger partial charge is 0.306 e. The summed E-state index contributed by atoms with van der Waals surface area (Å²) in [4.78, 5) is 24.1. The second kappa shape index (κ2) is 8.35. The molecule has 2 aromatic rings. The van der Waals surface area contributed by atoms with Gasteiger partial charge in [0.15, 0.2) is 9.84 Å². The molecule has 142 valence electrons. The maximum atomic E-state index is 12.2. The van der Waals surface area contributed by atoms with E-state index in [2.05, 4.69) is 5.32 Å². The van der Waals surface area contributed by atoms with Crippen LogP contribution in [0.3, 0.4) is 0 Å². The van der Waals surface area contributed by atoms with Crippen LogP contribution in [0.5, 0.6) is 0 Å². The molecule has 1 aliphatic rings. The Bertz CT molecular complexity index is 907. The fourth-order valence-corrected chi connectivity index (χ4v) is 4.83. The predicted molar refractivity (Wildman–Crippen MR) is 102 cm³/mol. The van der Waals surface area contributed by atoms with Gasteiger partial charge in [-0.15, -0.1) is 0 Å². The molecular weight excluding hydrogens is 366 g/mol. The maximum absolute atomic E-state index is 12.2. The largest absolute Gasteiger partial charge is 0.461 e. The van der Waals surface area contributed by atoms with E-state index in [9.17, 15) is 18.0 Å². The molecule has 1 saturated heterocycles. The third-order valence-electron chi connectivity index (χ3n) is 4.43. The highest BCUT2D eigenvalue weighted by Crippen LogP contribution is 2.22. The lowest BCUT2D eigenvalue weighted by Crippen LogP contribution is -2.13. The Kier molecular flexibility index (Phi) is 5.91. The van der Waals surface area contributed by atoms with Gasteiger partial charge in [0.2, 0.25) is 0 Å². The number of hydrogen-bond donors (Lipinski definition) is 1. The van der Waals surface area contributed by atoms with E-state index in [-0.39, 0.29) is 36.4 Å². The van der Waals surface area contributed by atoms with Crippen LogP contribution in [0, 0.1) is 5.92 Å². The van der Waals surface area contributed by atoms with Crippen molar-refractivity contribution in [3.8, 4) is 0 Å². The highest BCUT2D eigenvalue weighted by atomic mass is 32.2. The third kappa shape index (κ3) is 5.65. The van der Waals surface area contributed by atoms with Crippen LogP contribution >= 0.6 is 0 Å². The van der Waals surface area contributed by atoms with Gasteiger partial charge >= 0.3 is 5.97 Å². The molecule has 1 aliphatic heterocycles. The molecule has 1 atom stereocenters. The average Bonchev–Trinajstić information content (AvgIpc) is 2.99. The summed E-state index contributed by atoms with van der Waals surface area (Å²) in [6, 6.07) is 16.0. The highest BCUT2D eigenvalue weighted by Gasteiger charge is 2.29. The first-order valence-corrected chi connectivity index (χ1v) is 10.5. The summed E-state index contributed by atoms with van der Waals surface area (Å²) < 4.78 is 28.1. The van der Waals surface area contributed by atoms with Crippen LogP contribution in [0.25, 0.3) is 0 Å². The minimum atomic E-state index is -2.99. The van der Waals surface area contributed by atoms with Crippen LogP contribution in [0.1, 0.15) is 28.8 Å². The summed E-state index contributed by atoms with van der Waals surface area (Å²) in [5, 5.41) is 2.80. The van der Waals surface area contributed by atoms with E-state index in [0.717, 1.165) is 11.3 Å². The summed E-state index contributed by atoms with van der Waals surface area (Å²) in [5.74, 6) is -0.549. The molecular formula is C20H21NO5S. The quantitative estimate of drug-likeness (QED) is 0.770. The van der Waals surface area contributed by atoms with E-state index >= 15 is 0 Å². The number of hydrogen-bond acceptors (Lipinski definition) is 5. The number of carbonyl (C=O) groups excluding carboxylic acids is 2. The Labute approximate surface area is 158 Å². The minimum Gasteiger partial charge on any atom is -0.461 e. The molecule has 0 unspecified atom stereocenters. The van der Waals surface area contributed by atoms with E-state index < -0.39 is 15.8 Å². The number of carbonyl (C=O) groups is 2. The highest BCUT2D eigenvalue weighted by molar-refractivity contribution is 7.91. The van der Waals surface area contributed by atoms with Crippen molar-refractivity contribution in [1.82, 2.24) is 0 Å². The molecule has 0 spiro atoms. The van der Waals surface area contributed by atoms with Crippen molar-refractivity contribution in [3.63, 3.8) is 0 Å². The molecule has 3 rings (SSSR count). The number of sulfone groups is 1. The van der Waals surface area contributed by atoms with Gasteiger partial charge in [-0.2, -0.15) is 0 Å². The summed E-state index contributed by atoms with van der Waals surface area (Å²) in [6.07, 6.45) is 0.638. The molecule has 1 amide bonds. The van der Waals surface area contributed by atoms with Crippen molar-refractivity contribution < 1.29 is 22.7 Å². The number of amides is 1. The van der Waals surface area contributed by atoms with Gasteiger partial charge in [-0.1, -0.05) is 30.3 Å². The zero-order valence-corrected chi connectivity index (χ0v) is 15.6. The molecule has 2 aromatic carbocycles. The molecule has 0 saturated carbocycles. The monoisotopic (exact) mass is 387 g/mol. The first kappa shape index (κ1) is 19.1. The minimum absolute atomic E-state index is 0.0628. The van der Waals surface area contributed by atoms with Gasteiger partial charge < -0.3 is 10.1 Å². The molecule has 1 heterocycles. The predicted octanol–water partition coefficient (Wildman–Crippen LogP) is 2.81. The number of anilines is 1.